The monoisotopic (exact) mass is 264 g/mol. The molecule has 0 saturated carbocycles. The molecule has 5 nitrogen and oxygen atoms in total. The normalized spacial score (nSPS) is 19.7. The number of aromatic nitrogens is 2. The SMILES string of the molecule is CCCNC1CCCN(C(=O)c2cnn(C)c2C)C1. The van der Waals surface area contributed by atoms with E-state index in [2.05, 4.69) is 17.3 Å². The summed E-state index contributed by atoms with van der Waals surface area (Å²) in [5.41, 5.74) is 1.67. The third-order valence-electron chi connectivity index (χ3n) is 3.86. The summed E-state index contributed by atoms with van der Waals surface area (Å²) in [7, 11) is 1.87. The van der Waals surface area contributed by atoms with Gasteiger partial charge in [0.2, 0.25) is 0 Å². The molecule has 1 aliphatic rings. The molecule has 1 saturated heterocycles. The fraction of sp³-hybridized carbons (Fsp3) is 0.714. The Labute approximate surface area is 115 Å². The molecule has 19 heavy (non-hydrogen) atoms. The lowest BCUT2D eigenvalue weighted by atomic mass is 10.0. The number of hydrogen-bond acceptors (Lipinski definition) is 3. The summed E-state index contributed by atoms with van der Waals surface area (Å²) in [6.07, 6.45) is 5.05. The molecule has 0 aliphatic carbocycles. The summed E-state index contributed by atoms with van der Waals surface area (Å²) < 4.78 is 1.75. The lowest BCUT2D eigenvalue weighted by Gasteiger charge is -2.33. The summed E-state index contributed by atoms with van der Waals surface area (Å²) >= 11 is 0. The second kappa shape index (κ2) is 6.19. The number of hydrogen-bond donors (Lipinski definition) is 1. The fourth-order valence-electron chi connectivity index (χ4n) is 2.56. The second-order valence-electron chi connectivity index (χ2n) is 5.31. The predicted molar refractivity (Wildman–Crippen MR) is 75.2 cm³/mol. The second-order valence-corrected chi connectivity index (χ2v) is 5.31. The highest BCUT2D eigenvalue weighted by Crippen LogP contribution is 2.15. The van der Waals surface area contributed by atoms with E-state index in [4.69, 9.17) is 0 Å². The molecule has 2 rings (SSSR count). The van der Waals surface area contributed by atoms with Crippen LogP contribution in [0.4, 0.5) is 0 Å². The van der Waals surface area contributed by atoms with E-state index in [0.717, 1.165) is 50.2 Å². The number of carbonyl (C=O) groups is 1. The van der Waals surface area contributed by atoms with Crippen LogP contribution in [-0.2, 0) is 7.05 Å². The zero-order valence-electron chi connectivity index (χ0n) is 12.1. The van der Waals surface area contributed by atoms with Crippen molar-refractivity contribution in [3.05, 3.63) is 17.5 Å². The highest BCUT2D eigenvalue weighted by Gasteiger charge is 2.25. The van der Waals surface area contributed by atoms with Gasteiger partial charge in [0.05, 0.1) is 11.8 Å². The minimum Gasteiger partial charge on any atom is -0.337 e. The standard InChI is InChI=1S/C14H24N4O/c1-4-7-15-12-6-5-8-18(10-12)14(19)13-9-16-17(3)11(13)2/h9,12,15H,4-8,10H2,1-3H3. The number of nitrogens with one attached hydrogen (secondary N) is 1. The number of rotatable bonds is 4. The molecule has 1 fully saturated rings. The third kappa shape index (κ3) is 3.15. The molecular weight excluding hydrogens is 240 g/mol. The van der Waals surface area contributed by atoms with E-state index >= 15 is 0 Å². The minimum atomic E-state index is 0.119. The van der Waals surface area contributed by atoms with Gasteiger partial charge in [0, 0.05) is 31.9 Å². The van der Waals surface area contributed by atoms with E-state index in [0.29, 0.717) is 6.04 Å². The molecular formula is C14H24N4O. The molecule has 0 radical (unpaired) electrons. The molecule has 1 aromatic heterocycles. The number of piperidine rings is 1. The van der Waals surface area contributed by atoms with Crippen LogP contribution in [0.1, 0.15) is 42.2 Å². The first-order valence-corrected chi connectivity index (χ1v) is 7.14. The Balaban J connectivity index is 2.01. The van der Waals surface area contributed by atoms with E-state index in [1.165, 1.54) is 0 Å². The van der Waals surface area contributed by atoms with Crippen LogP contribution in [0.15, 0.2) is 6.20 Å². The van der Waals surface area contributed by atoms with E-state index in [1.807, 2.05) is 18.9 Å². The lowest BCUT2D eigenvalue weighted by molar-refractivity contribution is 0.0694. The van der Waals surface area contributed by atoms with E-state index in [1.54, 1.807) is 10.9 Å². The smallest absolute Gasteiger partial charge is 0.257 e. The van der Waals surface area contributed by atoms with Gasteiger partial charge in [-0.3, -0.25) is 9.48 Å². The third-order valence-corrected chi connectivity index (χ3v) is 3.86. The number of likely N-dealkylation sites (tertiary alicyclic amines) is 1. The molecule has 1 aromatic rings. The molecule has 1 N–H and O–H groups in total. The van der Waals surface area contributed by atoms with E-state index in [9.17, 15) is 4.79 Å². The van der Waals surface area contributed by atoms with Crippen LogP contribution in [0.5, 0.6) is 0 Å². The van der Waals surface area contributed by atoms with Gasteiger partial charge in [-0.05, 0) is 32.7 Å². The van der Waals surface area contributed by atoms with Crippen LogP contribution >= 0.6 is 0 Å². The maximum Gasteiger partial charge on any atom is 0.257 e. The maximum atomic E-state index is 12.5. The maximum absolute atomic E-state index is 12.5. The van der Waals surface area contributed by atoms with Gasteiger partial charge in [-0.15, -0.1) is 0 Å². The molecule has 5 heteroatoms. The Bertz CT molecular complexity index is 441. The van der Waals surface area contributed by atoms with Crippen LogP contribution < -0.4 is 5.32 Å². The van der Waals surface area contributed by atoms with Crippen molar-refractivity contribution in [1.29, 1.82) is 0 Å². The molecule has 0 aromatic carbocycles. The van der Waals surface area contributed by atoms with Crippen molar-refractivity contribution in [1.82, 2.24) is 20.0 Å². The predicted octanol–water partition coefficient (Wildman–Crippen LogP) is 1.33. The van der Waals surface area contributed by atoms with Crippen LogP contribution in [0.3, 0.4) is 0 Å². The highest BCUT2D eigenvalue weighted by atomic mass is 16.2. The molecule has 2 heterocycles. The van der Waals surface area contributed by atoms with Gasteiger partial charge in [0.1, 0.15) is 0 Å². The molecule has 0 bridgehead atoms. The Kier molecular flexibility index (Phi) is 4.58. The van der Waals surface area contributed by atoms with Gasteiger partial charge in [0.25, 0.3) is 5.91 Å². The first-order chi connectivity index (χ1) is 9.13. The zero-order valence-corrected chi connectivity index (χ0v) is 12.1. The van der Waals surface area contributed by atoms with Crippen molar-refractivity contribution in [2.75, 3.05) is 19.6 Å². The molecule has 0 spiro atoms. The molecule has 1 atom stereocenters. The van der Waals surface area contributed by atoms with Crippen molar-refractivity contribution >= 4 is 5.91 Å². The number of nitrogens with zero attached hydrogens (tertiary/aromatic N) is 3. The Hall–Kier alpha value is -1.36. The highest BCUT2D eigenvalue weighted by molar-refractivity contribution is 5.95. The zero-order chi connectivity index (χ0) is 13.8. The molecule has 106 valence electrons. The van der Waals surface area contributed by atoms with Gasteiger partial charge in [0.15, 0.2) is 0 Å². The van der Waals surface area contributed by atoms with Gasteiger partial charge in [-0.25, -0.2) is 0 Å². The molecule has 1 amide bonds. The Morgan fingerprint density at radius 3 is 3.00 bits per heavy atom. The first kappa shape index (κ1) is 14.1. The van der Waals surface area contributed by atoms with Crippen LogP contribution in [0.2, 0.25) is 0 Å². The van der Waals surface area contributed by atoms with Crippen molar-refractivity contribution in [2.24, 2.45) is 7.05 Å². The number of aryl methyl sites for hydroxylation is 1. The summed E-state index contributed by atoms with van der Waals surface area (Å²) in [4.78, 5) is 14.5. The summed E-state index contributed by atoms with van der Waals surface area (Å²) in [5.74, 6) is 0.119. The number of carbonyl (C=O) groups excluding carboxylic acids is 1. The van der Waals surface area contributed by atoms with Crippen LogP contribution in [-0.4, -0.2) is 46.3 Å². The minimum absolute atomic E-state index is 0.119. The van der Waals surface area contributed by atoms with E-state index in [-0.39, 0.29) is 5.91 Å². The molecule has 1 aliphatic heterocycles. The number of amides is 1. The summed E-state index contributed by atoms with van der Waals surface area (Å²) in [6, 6.07) is 0.439. The van der Waals surface area contributed by atoms with Gasteiger partial charge in [-0.2, -0.15) is 5.10 Å². The van der Waals surface area contributed by atoms with Crippen molar-refractivity contribution in [2.45, 2.75) is 39.2 Å². The Morgan fingerprint density at radius 1 is 1.58 bits per heavy atom. The quantitative estimate of drug-likeness (QED) is 0.892. The lowest BCUT2D eigenvalue weighted by Crippen LogP contribution is -2.48. The van der Waals surface area contributed by atoms with Crippen LogP contribution in [0.25, 0.3) is 0 Å². The van der Waals surface area contributed by atoms with Gasteiger partial charge in [-0.1, -0.05) is 6.92 Å². The van der Waals surface area contributed by atoms with Crippen molar-refractivity contribution in [3.8, 4) is 0 Å². The average molecular weight is 264 g/mol. The van der Waals surface area contributed by atoms with Crippen molar-refractivity contribution < 1.29 is 4.79 Å². The fourth-order valence-corrected chi connectivity index (χ4v) is 2.56. The molecule has 1 unspecified atom stereocenters. The van der Waals surface area contributed by atoms with Gasteiger partial charge >= 0.3 is 0 Å². The summed E-state index contributed by atoms with van der Waals surface area (Å²) in [6.45, 7) is 6.80. The van der Waals surface area contributed by atoms with Gasteiger partial charge < -0.3 is 10.2 Å². The largest absolute Gasteiger partial charge is 0.337 e. The first-order valence-electron chi connectivity index (χ1n) is 7.14. The summed E-state index contributed by atoms with van der Waals surface area (Å²) in [5, 5.41) is 7.67. The Morgan fingerprint density at radius 2 is 2.37 bits per heavy atom. The average Bonchev–Trinajstić information content (AvgIpc) is 2.76. The van der Waals surface area contributed by atoms with Crippen LogP contribution in [0, 0.1) is 6.92 Å². The van der Waals surface area contributed by atoms with E-state index < -0.39 is 0 Å². The topological polar surface area (TPSA) is 50.2 Å². The van der Waals surface area contributed by atoms with Crippen molar-refractivity contribution in [3.63, 3.8) is 0 Å².